The van der Waals surface area contributed by atoms with Gasteiger partial charge in [-0.15, -0.1) is 0 Å². The van der Waals surface area contributed by atoms with E-state index in [0.717, 1.165) is 5.56 Å². The zero-order valence-electron chi connectivity index (χ0n) is 13.6. The number of anilines is 2. The highest BCUT2D eigenvalue weighted by Gasteiger charge is 2.14. The Hall–Kier alpha value is -2.82. The molecule has 0 atom stereocenters. The first kappa shape index (κ1) is 16.1. The molecule has 1 aliphatic heterocycles. The van der Waals surface area contributed by atoms with E-state index in [0.29, 0.717) is 43.0 Å². The standard InChI is InChI=1S/C19H20N2O3/c1-13-3-2-4-14(11-13)5-8-18(22)20-15-6-7-17-16(12-15)21-19(23)9-10-24-17/h2-4,6-7,11-12H,5,8-10H2,1H3,(H,20,22)(H,21,23). The first-order valence-electron chi connectivity index (χ1n) is 8.02. The molecule has 3 rings (SSSR count). The number of hydrogen-bond acceptors (Lipinski definition) is 3. The summed E-state index contributed by atoms with van der Waals surface area (Å²) in [6.07, 6.45) is 1.43. The number of rotatable bonds is 4. The van der Waals surface area contributed by atoms with Crippen LogP contribution >= 0.6 is 0 Å². The van der Waals surface area contributed by atoms with Gasteiger partial charge < -0.3 is 15.4 Å². The maximum atomic E-state index is 12.1. The first-order chi connectivity index (χ1) is 11.6. The fraction of sp³-hybridized carbons (Fsp3) is 0.263. The van der Waals surface area contributed by atoms with Crippen LogP contribution in [0.25, 0.3) is 0 Å². The lowest BCUT2D eigenvalue weighted by Crippen LogP contribution is -2.13. The smallest absolute Gasteiger partial charge is 0.227 e. The summed E-state index contributed by atoms with van der Waals surface area (Å²) in [5, 5.41) is 5.65. The van der Waals surface area contributed by atoms with Crippen LogP contribution in [0.1, 0.15) is 24.0 Å². The minimum absolute atomic E-state index is 0.0580. The van der Waals surface area contributed by atoms with Crippen molar-refractivity contribution in [3.8, 4) is 5.75 Å². The molecule has 0 radical (unpaired) electrons. The molecule has 0 aliphatic carbocycles. The Balaban J connectivity index is 1.61. The van der Waals surface area contributed by atoms with Gasteiger partial charge in [-0.3, -0.25) is 9.59 Å². The summed E-state index contributed by atoms with van der Waals surface area (Å²) in [7, 11) is 0. The van der Waals surface area contributed by atoms with Gasteiger partial charge in [0, 0.05) is 12.1 Å². The molecule has 24 heavy (non-hydrogen) atoms. The third kappa shape index (κ3) is 4.13. The summed E-state index contributed by atoms with van der Waals surface area (Å²) in [6, 6.07) is 13.4. The second kappa shape index (κ2) is 7.17. The number of ether oxygens (including phenoxy) is 1. The summed E-state index contributed by atoms with van der Waals surface area (Å²) in [6.45, 7) is 2.40. The van der Waals surface area contributed by atoms with Crippen molar-refractivity contribution in [2.75, 3.05) is 17.2 Å². The summed E-state index contributed by atoms with van der Waals surface area (Å²) >= 11 is 0. The number of aryl methyl sites for hydroxylation is 2. The van der Waals surface area contributed by atoms with Gasteiger partial charge in [0.15, 0.2) is 0 Å². The number of nitrogens with one attached hydrogen (secondary N) is 2. The Kier molecular flexibility index (Phi) is 4.79. The van der Waals surface area contributed by atoms with Gasteiger partial charge in [0.2, 0.25) is 11.8 Å². The first-order valence-corrected chi connectivity index (χ1v) is 8.02. The molecule has 0 bridgehead atoms. The number of amides is 2. The van der Waals surface area contributed by atoms with Gasteiger partial charge in [0.05, 0.1) is 18.7 Å². The van der Waals surface area contributed by atoms with Gasteiger partial charge in [0.25, 0.3) is 0 Å². The maximum absolute atomic E-state index is 12.1. The molecule has 0 fully saturated rings. The van der Waals surface area contributed by atoms with Crippen LogP contribution in [0.4, 0.5) is 11.4 Å². The highest BCUT2D eigenvalue weighted by atomic mass is 16.5. The summed E-state index contributed by atoms with van der Waals surface area (Å²) in [4.78, 5) is 23.7. The Labute approximate surface area is 141 Å². The van der Waals surface area contributed by atoms with Crippen LogP contribution in [0.2, 0.25) is 0 Å². The zero-order valence-corrected chi connectivity index (χ0v) is 13.6. The molecule has 5 heteroatoms. The van der Waals surface area contributed by atoms with Crippen molar-refractivity contribution in [1.82, 2.24) is 0 Å². The van der Waals surface area contributed by atoms with Crippen molar-refractivity contribution in [1.29, 1.82) is 0 Å². The van der Waals surface area contributed by atoms with Gasteiger partial charge in [-0.25, -0.2) is 0 Å². The Morgan fingerprint density at radius 1 is 1.25 bits per heavy atom. The molecule has 0 spiro atoms. The number of hydrogen-bond donors (Lipinski definition) is 2. The van der Waals surface area contributed by atoms with Crippen LogP contribution in [0.5, 0.6) is 5.75 Å². The third-order valence-electron chi connectivity index (χ3n) is 3.85. The van der Waals surface area contributed by atoms with Gasteiger partial charge in [-0.1, -0.05) is 29.8 Å². The van der Waals surface area contributed by atoms with E-state index in [1.165, 1.54) is 5.56 Å². The lowest BCUT2D eigenvalue weighted by Gasteiger charge is -2.10. The lowest BCUT2D eigenvalue weighted by atomic mass is 10.1. The van der Waals surface area contributed by atoms with E-state index in [1.807, 2.05) is 25.1 Å². The molecule has 2 aromatic rings. The average molecular weight is 324 g/mol. The maximum Gasteiger partial charge on any atom is 0.227 e. The highest BCUT2D eigenvalue weighted by molar-refractivity contribution is 5.96. The molecule has 2 N–H and O–H groups in total. The minimum atomic E-state index is -0.0864. The minimum Gasteiger partial charge on any atom is -0.491 e. The number of carbonyl (C=O) groups is 2. The van der Waals surface area contributed by atoms with Crippen LogP contribution in [0.15, 0.2) is 42.5 Å². The monoisotopic (exact) mass is 324 g/mol. The van der Waals surface area contributed by atoms with Crippen LogP contribution in [0, 0.1) is 6.92 Å². The molecule has 2 aromatic carbocycles. The SMILES string of the molecule is Cc1cccc(CCC(=O)Nc2ccc3c(c2)NC(=O)CCO3)c1. The van der Waals surface area contributed by atoms with Crippen LogP contribution in [-0.4, -0.2) is 18.4 Å². The molecule has 1 heterocycles. The van der Waals surface area contributed by atoms with E-state index >= 15 is 0 Å². The number of benzene rings is 2. The van der Waals surface area contributed by atoms with Crippen LogP contribution in [0.3, 0.4) is 0 Å². The fourth-order valence-corrected chi connectivity index (χ4v) is 2.65. The Morgan fingerprint density at radius 2 is 2.12 bits per heavy atom. The molecule has 5 nitrogen and oxygen atoms in total. The molecular formula is C19H20N2O3. The second-order valence-corrected chi connectivity index (χ2v) is 5.89. The summed E-state index contributed by atoms with van der Waals surface area (Å²) in [5.41, 5.74) is 3.57. The van der Waals surface area contributed by atoms with Crippen molar-refractivity contribution in [3.63, 3.8) is 0 Å². The van der Waals surface area contributed by atoms with Gasteiger partial charge >= 0.3 is 0 Å². The molecule has 0 aromatic heterocycles. The molecule has 0 saturated heterocycles. The summed E-state index contributed by atoms with van der Waals surface area (Å²) in [5.74, 6) is 0.479. The lowest BCUT2D eigenvalue weighted by molar-refractivity contribution is -0.117. The van der Waals surface area contributed by atoms with Crippen molar-refractivity contribution in [2.24, 2.45) is 0 Å². The topological polar surface area (TPSA) is 67.4 Å². The number of carbonyl (C=O) groups excluding carboxylic acids is 2. The van der Waals surface area contributed by atoms with E-state index in [-0.39, 0.29) is 11.8 Å². The molecule has 1 aliphatic rings. The van der Waals surface area contributed by atoms with Gasteiger partial charge in [0.1, 0.15) is 5.75 Å². The Bertz CT molecular complexity index is 771. The van der Waals surface area contributed by atoms with Crippen LogP contribution in [-0.2, 0) is 16.0 Å². The van der Waals surface area contributed by atoms with Crippen molar-refractivity contribution >= 4 is 23.2 Å². The van der Waals surface area contributed by atoms with Gasteiger partial charge in [-0.05, 0) is 37.1 Å². The van der Waals surface area contributed by atoms with Crippen LogP contribution < -0.4 is 15.4 Å². The molecule has 0 unspecified atom stereocenters. The van der Waals surface area contributed by atoms with Gasteiger partial charge in [-0.2, -0.15) is 0 Å². The van der Waals surface area contributed by atoms with E-state index in [4.69, 9.17) is 4.74 Å². The normalized spacial score (nSPS) is 13.3. The fourth-order valence-electron chi connectivity index (χ4n) is 2.65. The highest BCUT2D eigenvalue weighted by Crippen LogP contribution is 2.30. The molecule has 0 saturated carbocycles. The second-order valence-electron chi connectivity index (χ2n) is 5.89. The summed E-state index contributed by atoms with van der Waals surface area (Å²) < 4.78 is 5.50. The van der Waals surface area contributed by atoms with E-state index in [9.17, 15) is 9.59 Å². The molecule has 2 amide bonds. The van der Waals surface area contributed by atoms with E-state index in [2.05, 4.69) is 16.7 Å². The van der Waals surface area contributed by atoms with E-state index < -0.39 is 0 Å². The number of fused-ring (bicyclic) bond motifs is 1. The zero-order chi connectivity index (χ0) is 16.9. The predicted octanol–water partition coefficient (Wildman–Crippen LogP) is 3.29. The quantitative estimate of drug-likeness (QED) is 0.907. The average Bonchev–Trinajstić information content (AvgIpc) is 2.73. The predicted molar refractivity (Wildman–Crippen MR) is 93.3 cm³/mol. The van der Waals surface area contributed by atoms with E-state index in [1.54, 1.807) is 18.2 Å². The third-order valence-corrected chi connectivity index (χ3v) is 3.85. The largest absolute Gasteiger partial charge is 0.491 e. The van der Waals surface area contributed by atoms with Crippen molar-refractivity contribution in [2.45, 2.75) is 26.2 Å². The van der Waals surface area contributed by atoms with Crippen molar-refractivity contribution < 1.29 is 14.3 Å². The Morgan fingerprint density at radius 3 is 2.96 bits per heavy atom. The molecule has 124 valence electrons. The molecular weight excluding hydrogens is 304 g/mol. The van der Waals surface area contributed by atoms with Crippen molar-refractivity contribution in [3.05, 3.63) is 53.6 Å².